The predicted molar refractivity (Wildman–Crippen MR) is 244 cm³/mol. The van der Waals surface area contributed by atoms with Gasteiger partial charge in [-0.1, -0.05) is 140 Å². The summed E-state index contributed by atoms with van der Waals surface area (Å²) in [6.07, 6.45) is 0. The highest BCUT2D eigenvalue weighted by atomic mass is 32.1. The Labute approximate surface area is 340 Å². The van der Waals surface area contributed by atoms with Crippen molar-refractivity contribution in [2.24, 2.45) is 0 Å². The van der Waals surface area contributed by atoms with Gasteiger partial charge in [0.15, 0.2) is 0 Å². The second-order valence-electron chi connectivity index (χ2n) is 15.2. The average molecular weight is 758 g/mol. The summed E-state index contributed by atoms with van der Waals surface area (Å²) in [5.74, 6) is 0. The van der Waals surface area contributed by atoms with Gasteiger partial charge < -0.3 is 9.32 Å². The van der Waals surface area contributed by atoms with Crippen LogP contribution in [0.25, 0.3) is 64.4 Å². The molecule has 0 saturated heterocycles. The number of hydrogen-bond donors (Lipinski definition) is 0. The molecule has 0 atom stereocenters. The molecule has 3 heteroatoms. The van der Waals surface area contributed by atoms with E-state index < -0.39 is 5.41 Å². The van der Waals surface area contributed by atoms with Crippen LogP contribution in [0.1, 0.15) is 22.3 Å². The standard InChI is InChI=1S/C55H35NOS/c1-4-14-38(15-5-1)55(39-16-6-2-7-17-39)49-22-12-10-20-43(49)45-34-47-46-32-37(26-30-51(46)57-52(47)35-50(45)55)36-24-27-41(28-25-36)56(40-18-8-3-9-19-40)42-29-31-54-48(33-42)44-21-11-13-23-53(44)58-54/h1-35H. The lowest BCUT2D eigenvalue weighted by Gasteiger charge is -2.33. The van der Waals surface area contributed by atoms with Crippen LogP contribution >= 0.6 is 11.3 Å². The van der Waals surface area contributed by atoms with E-state index in [9.17, 15) is 0 Å². The normalized spacial score (nSPS) is 13.0. The molecule has 1 aliphatic rings. The van der Waals surface area contributed by atoms with Crippen LogP contribution in [0.4, 0.5) is 17.1 Å². The first-order valence-electron chi connectivity index (χ1n) is 19.8. The van der Waals surface area contributed by atoms with E-state index >= 15 is 0 Å². The van der Waals surface area contributed by atoms with Crippen LogP contribution in [-0.4, -0.2) is 0 Å². The molecule has 0 unspecified atom stereocenters. The van der Waals surface area contributed by atoms with Gasteiger partial charge in [-0.05, 0) is 117 Å². The number of fused-ring (bicyclic) bond motifs is 9. The maximum atomic E-state index is 6.73. The summed E-state index contributed by atoms with van der Waals surface area (Å²) in [4.78, 5) is 2.35. The third-order valence-electron chi connectivity index (χ3n) is 12.1. The second kappa shape index (κ2) is 12.9. The third kappa shape index (κ3) is 4.90. The monoisotopic (exact) mass is 757 g/mol. The van der Waals surface area contributed by atoms with Gasteiger partial charge in [-0.2, -0.15) is 0 Å². The van der Waals surface area contributed by atoms with Gasteiger partial charge in [-0.3, -0.25) is 0 Å². The fourth-order valence-corrected chi connectivity index (χ4v) is 10.7. The van der Waals surface area contributed by atoms with E-state index in [-0.39, 0.29) is 0 Å². The van der Waals surface area contributed by atoms with Crippen molar-refractivity contribution < 1.29 is 4.42 Å². The highest BCUT2D eigenvalue weighted by Crippen LogP contribution is 2.57. The zero-order chi connectivity index (χ0) is 38.2. The second-order valence-corrected chi connectivity index (χ2v) is 16.3. The van der Waals surface area contributed by atoms with Gasteiger partial charge in [0, 0.05) is 48.0 Å². The Kier molecular flexibility index (Phi) is 7.35. The molecule has 0 spiro atoms. The average Bonchev–Trinajstić information content (AvgIpc) is 3.94. The lowest BCUT2D eigenvalue weighted by Crippen LogP contribution is -2.28. The fraction of sp³-hybridized carbons (Fsp3) is 0.0182. The van der Waals surface area contributed by atoms with Crippen molar-refractivity contribution in [3.8, 4) is 22.3 Å². The van der Waals surface area contributed by atoms with Crippen LogP contribution < -0.4 is 4.90 Å². The minimum atomic E-state index is -0.467. The third-order valence-corrected chi connectivity index (χ3v) is 13.3. The predicted octanol–water partition coefficient (Wildman–Crippen LogP) is 15.5. The molecule has 0 bridgehead atoms. The van der Waals surface area contributed by atoms with Gasteiger partial charge in [0.25, 0.3) is 0 Å². The van der Waals surface area contributed by atoms with Crippen molar-refractivity contribution >= 4 is 70.5 Å². The number of anilines is 3. The first-order valence-corrected chi connectivity index (χ1v) is 20.6. The van der Waals surface area contributed by atoms with E-state index in [2.05, 4.69) is 217 Å². The number of hydrogen-bond acceptors (Lipinski definition) is 3. The van der Waals surface area contributed by atoms with Crippen LogP contribution in [-0.2, 0) is 5.41 Å². The maximum Gasteiger partial charge on any atom is 0.135 e. The van der Waals surface area contributed by atoms with Gasteiger partial charge >= 0.3 is 0 Å². The molecule has 0 radical (unpaired) electrons. The summed E-state index contributed by atoms with van der Waals surface area (Å²) in [7, 11) is 0. The summed E-state index contributed by atoms with van der Waals surface area (Å²) >= 11 is 1.85. The van der Waals surface area contributed by atoms with Crippen molar-refractivity contribution in [3.05, 3.63) is 235 Å². The van der Waals surface area contributed by atoms with Crippen LogP contribution in [0.2, 0.25) is 0 Å². The van der Waals surface area contributed by atoms with Gasteiger partial charge in [0.2, 0.25) is 0 Å². The zero-order valence-electron chi connectivity index (χ0n) is 31.5. The number of furan rings is 1. The van der Waals surface area contributed by atoms with Gasteiger partial charge in [-0.25, -0.2) is 0 Å². The molecule has 12 rings (SSSR count). The lowest BCUT2D eigenvalue weighted by molar-refractivity contribution is 0.666. The smallest absolute Gasteiger partial charge is 0.135 e. The Morgan fingerprint density at radius 2 is 0.966 bits per heavy atom. The summed E-state index contributed by atoms with van der Waals surface area (Å²) in [5, 5.41) is 4.84. The number of benzene rings is 9. The minimum absolute atomic E-state index is 0.467. The summed E-state index contributed by atoms with van der Waals surface area (Å²) < 4.78 is 9.34. The van der Waals surface area contributed by atoms with Crippen molar-refractivity contribution in [1.29, 1.82) is 0 Å². The van der Waals surface area contributed by atoms with Crippen molar-refractivity contribution in [2.45, 2.75) is 5.41 Å². The van der Waals surface area contributed by atoms with E-state index in [0.29, 0.717) is 0 Å². The highest BCUT2D eigenvalue weighted by molar-refractivity contribution is 7.25. The van der Waals surface area contributed by atoms with Gasteiger partial charge in [0.1, 0.15) is 11.2 Å². The van der Waals surface area contributed by atoms with E-state index in [1.807, 2.05) is 11.3 Å². The molecule has 272 valence electrons. The lowest BCUT2D eigenvalue weighted by atomic mass is 9.67. The summed E-state index contributed by atoms with van der Waals surface area (Å²) in [6.45, 7) is 0. The number of rotatable bonds is 6. The molecule has 2 aromatic heterocycles. The van der Waals surface area contributed by atoms with E-state index in [1.54, 1.807) is 0 Å². The van der Waals surface area contributed by atoms with Crippen molar-refractivity contribution in [1.82, 2.24) is 0 Å². The molecule has 0 fully saturated rings. The Balaban J connectivity index is 0.974. The van der Waals surface area contributed by atoms with Crippen LogP contribution in [0.3, 0.4) is 0 Å². The molecule has 2 nitrogen and oxygen atoms in total. The Morgan fingerprint density at radius 3 is 1.74 bits per heavy atom. The number of para-hydroxylation sites is 1. The van der Waals surface area contributed by atoms with E-state index in [0.717, 1.165) is 50.1 Å². The van der Waals surface area contributed by atoms with E-state index in [1.165, 1.54) is 53.6 Å². The molecule has 9 aromatic carbocycles. The molecule has 1 aliphatic carbocycles. The Bertz CT molecular complexity index is 3290. The van der Waals surface area contributed by atoms with Crippen LogP contribution in [0.5, 0.6) is 0 Å². The molecule has 0 aliphatic heterocycles. The Morgan fingerprint density at radius 1 is 0.362 bits per heavy atom. The highest BCUT2D eigenvalue weighted by Gasteiger charge is 2.46. The fourth-order valence-electron chi connectivity index (χ4n) is 9.57. The molecule has 0 saturated carbocycles. The molecule has 11 aromatic rings. The van der Waals surface area contributed by atoms with Crippen LogP contribution in [0.15, 0.2) is 217 Å². The van der Waals surface area contributed by atoms with Crippen LogP contribution in [0, 0.1) is 0 Å². The molecule has 58 heavy (non-hydrogen) atoms. The number of thiophene rings is 1. The maximum absolute atomic E-state index is 6.73. The van der Waals surface area contributed by atoms with Gasteiger partial charge in [0.05, 0.1) is 5.41 Å². The SMILES string of the molecule is c1ccc(N(c2ccc(-c3ccc4oc5cc6c(cc5c4c3)-c3ccccc3C6(c3ccccc3)c3ccccc3)cc2)c2ccc3sc4ccccc4c3c2)cc1. The molecular formula is C55H35NOS. The largest absolute Gasteiger partial charge is 0.456 e. The minimum Gasteiger partial charge on any atom is -0.456 e. The topological polar surface area (TPSA) is 16.4 Å². The first kappa shape index (κ1) is 33.0. The number of nitrogens with zero attached hydrogens (tertiary/aromatic N) is 1. The molecule has 0 N–H and O–H groups in total. The van der Waals surface area contributed by atoms with Crippen molar-refractivity contribution in [3.63, 3.8) is 0 Å². The first-order chi connectivity index (χ1) is 28.7. The summed E-state index contributed by atoms with van der Waals surface area (Å²) in [6, 6.07) is 77.3. The molecular weight excluding hydrogens is 723 g/mol. The zero-order valence-corrected chi connectivity index (χ0v) is 32.3. The Hall–Kier alpha value is -7.20. The molecule has 2 heterocycles. The van der Waals surface area contributed by atoms with Gasteiger partial charge in [-0.15, -0.1) is 11.3 Å². The quantitative estimate of drug-likeness (QED) is 0.168. The molecule has 0 amide bonds. The van der Waals surface area contributed by atoms with Crippen molar-refractivity contribution in [2.75, 3.05) is 4.90 Å². The summed E-state index contributed by atoms with van der Waals surface area (Å²) in [5.41, 5.74) is 14.6. The van der Waals surface area contributed by atoms with E-state index in [4.69, 9.17) is 4.42 Å².